The third-order valence-corrected chi connectivity index (χ3v) is 6.88. The van der Waals surface area contributed by atoms with Gasteiger partial charge < -0.3 is 5.32 Å². The number of carbonyl (C=O) groups excluding carboxylic acids is 1. The summed E-state index contributed by atoms with van der Waals surface area (Å²) in [7, 11) is -3.80. The van der Waals surface area contributed by atoms with Gasteiger partial charge >= 0.3 is 0 Å². The minimum Gasteiger partial charge on any atom is -0.323 e. The van der Waals surface area contributed by atoms with Gasteiger partial charge in [0.2, 0.25) is 15.9 Å². The summed E-state index contributed by atoms with van der Waals surface area (Å²) in [5.74, 6) is -1.01. The first-order chi connectivity index (χ1) is 12.3. The zero-order chi connectivity index (χ0) is 18.9. The van der Waals surface area contributed by atoms with E-state index >= 15 is 0 Å². The average Bonchev–Trinajstić information content (AvgIpc) is 3.08. The quantitative estimate of drug-likeness (QED) is 0.747. The lowest BCUT2D eigenvalue weighted by atomic mass is 10.2. The number of halogens is 3. The lowest BCUT2D eigenvalue weighted by Crippen LogP contribution is -2.43. The van der Waals surface area contributed by atoms with Crippen LogP contribution in [0.3, 0.4) is 0 Å². The Labute approximate surface area is 164 Å². The molecule has 26 heavy (non-hydrogen) atoms. The van der Waals surface area contributed by atoms with Crippen LogP contribution in [0, 0.1) is 5.82 Å². The molecule has 0 saturated carbocycles. The van der Waals surface area contributed by atoms with Gasteiger partial charge in [-0.05, 0) is 55.3 Å². The van der Waals surface area contributed by atoms with Crippen molar-refractivity contribution < 1.29 is 17.6 Å². The number of anilines is 1. The highest BCUT2D eigenvalue weighted by atomic mass is 79.9. The van der Waals surface area contributed by atoms with Gasteiger partial charge in [0.05, 0.1) is 15.6 Å². The molecule has 0 spiro atoms. The van der Waals surface area contributed by atoms with Gasteiger partial charge in [-0.3, -0.25) is 4.79 Å². The van der Waals surface area contributed by atoms with E-state index in [9.17, 15) is 17.6 Å². The summed E-state index contributed by atoms with van der Waals surface area (Å²) in [5.41, 5.74) is 0.242. The summed E-state index contributed by atoms with van der Waals surface area (Å²) < 4.78 is 40.9. The Hall–Kier alpha value is -1.48. The number of sulfonamides is 1. The zero-order valence-corrected chi connectivity index (χ0v) is 16.6. The first kappa shape index (κ1) is 19.3. The first-order valence-corrected chi connectivity index (χ1v) is 10.4. The highest BCUT2D eigenvalue weighted by Gasteiger charge is 2.39. The van der Waals surface area contributed by atoms with Crippen molar-refractivity contribution in [1.29, 1.82) is 0 Å². The van der Waals surface area contributed by atoms with Crippen LogP contribution >= 0.6 is 27.5 Å². The molecule has 9 heteroatoms. The second kappa shape index (κ2) is 7.64. The van der Waals surface area contributed by atoms with Crippen LogP contribution in [0.15, 0.2) is 51.8 Å². The Morgan fingerprint density at radius 3 is 2.58 bits per heavy atom. The van der Waals surface area contributed by atoms with Gasteiger partial charge in [-0.1, -0.05) is 27.5 Å². The number of benzene rings is 2. The Morgan fingerprint density at radius 2 is 1.92 bits per heavy atom. The van der Waals surface area contributed by atoms with E-state index in [0.717, 1.165) is 10.5 Å². The molecule has 1 aliphatic heterocycles. The summed E-state index contributed by atoms with van der Waals surface area (Å²) >= 11 is 9.19. The fourth-order valence-electron chi connectivity index (χ4n) is 2.84. The Morgan fingerprint density at radius 1 is 1.23 bits per heavy atom. The van der Waals surface area contributed by atoms with Gasteiger partial charge in [0.15, 0.2) is 0 Å². The monoisotopic (exact) mass is 460 g/mol. The van der Waals surface area contributed by atoms with E-state index in [1.807, 2.05) is 0 Å². The third kappa shape index (κ3) is 3.93. The number of nitrogens with one attached hydrogen (secondary N) is 1. The highest BCUT2D eigenvalue weighted by molar-refractivity contribution is 9.10. The molecular weight excluding hydrogens is 447 g/mol. The number of rotatable bonds is 4. The smallest absolute Gasteiger partial charge is 0.243 e. The van der Waals surface area contributed by atoms with Crippen LogP contribution in [0.4, 0.5) is 10.1 Å². The molecule has 0 bridgehead atoms. The highest BCUT2D eigenvalue weighted by Crippen LogP contribution is 2.29. The number of carbonyl (C=O) groups is 1. The molecule has 2 aromatic carbocycles. The number of nitrogens with zero attached hydrogens (tertiary/aromatic N) is 1. The van der Waals surface area contributed by atoms with Crippen molar-refractivity contribution >= 4 is 49.1 Å². The van der Waals surface area contributed by atoms with E-state index in [1.54, 1.807) is 12.1 Å². The van der Waals surface area contributed by atoms with Gasteiger partial charge in [0.25, 0.3) is 0 Å². The predicted molar refractivity (Wildman–Crippen MR) is 101 cm³/mol. The van der Waals surface area contributed by atoms with Crippen LogP contribution in [-0.2, 0) is 14.8 Å². The van der Waals surface area contributed by atoms with Crippen LogP contribution in [0.25, 0.3) is 0 Å². The van der Waals surface area contributed by atoms with Crippen molar-refractivity contribution in [3.8, 4) is 0 Å². The van der Waals surface area contributed by atoms with E-state index in [1.165, 1.54) is 28.6 Å². The van der Waals surface area contributed by atoms with Crippen molar-refractivity contribution in [2.24, 2.45) is 0 Å². The SMILES string of the molecule is O=C(Nc1ccc(F)cc1Cl)[C@@H]1CCCN1S(=O)(=O)c1ccc(Br)cc1. The summed E-state index contributed by atoms with van der Waals surface area (Å²) in [6, 6.07) is 9.01. The fraction of sp³-hybridized carbons (Fsp3) is 0.235. The topological polar surface area (TPSA) is 66.5 Å². The van der Waals surface area contributed by atoms with E-state index in [2.05, 4.69) is 21.2 Å². The average molecular weight is 462 g/mol. The molecule has 3 rings (SSSR count). The van der Waals surface area contributed by atoms with Crippen LogP contribution < -0.4 is 5.32 Å². The molecule has 138 valence electrons. The third-order valence-electron chi connectivity index (χ3n) is 4.12. The maximum atomic E-state index is 13.1. The lowest BCUT2D eigenvalue weighted by molar-refractivity contribution is -0.119. The Kier molecular flexibility index (Phi) is 5.67. The minimum atomic E-state index is -3.80. The van der Waals surface area contributed by atoms with E-state index in [0.29, 0.717) is 12.8 Å². The molecule has 1 heterocycles. The molecule has 0 unspecified atom stereocenters. The molecule has 1 saturated heterocycles. The largest absolute Gasteiger partial charge is 0.323 e. The fourth-order valence-corrected chi connectivity index (χ4v) is 4.97. The molecule has 1 fully saturated rings. The van der Waals surface area contributed by atoms with Crippen molar-refractivity contribution in [1.82, 2.24) is 4.31 Å². The van der Waals surface area contributed by atoms with E-state index in [4.69, 9.17) is 11.6 Å². The van der Waals surface area contributed by atoms with Crippen molar-refractivity contribution in [3.63, 3.8) is 0 Å². The van der Waals surface area contributed by atoms with Crippen molar-refractivity contribution in [2.75, 3.05) is 11.9 Å². The molecule has 1 aliphatic rings. The number of hydrogen-bond donors (Lipinski definition) is 1. The molecule has 5 nitrogen and oxygen atoms in total. The normalized spacial score (nSPS) is 18.0. The summed E-state index contributed by atoms with van der Waals surface area (Å²) in [6.07, 6.45) is 0.978. The van der Waals surface area contributed by atoms with Crippen LogP contribution in [0.2, 0.25) is 5.02 Å². The Balaban J connectivity index is 1.83. The maximum Gasteiger partial charge on any atom is 0.243 e. The molecule has 0 radical (unpaired) electrons. The van der Waals surface area contributed by atoms with Gasteiger partial charge in [-0.2, -0.15) is 4.31 Å². The predicted octanol–water partition coefficient (Wildman–Crippen LogP) is 4.03. The zero-order valence-electron chi connectivity index (χ0n) is 13.5. The first-order valence-electron chi connectivity index (χ1n) is 7.82. The molecular formula is C17H15BrClFN2O3S. The van der Waals surface area contributed by atoms with Crippen LogP contribution in [-0.4, -0.2) is 31.2 Å². The van der Waals surface area contributed by atoms with Crippen molar-refractivity contribution in [2.45, 2.75) is 23.8 Å². The molecule has 1 amide bonds. The summed E-state index contributed by atoms with van der Waals surface area (Å²) in [4.78, 5) is 12.7. The number of amides is 1. The lowest BCUT2D eigenvalue weighted by Gasteiger charge is -2.23. The van der Waals surface area contributed by atoms with Crippen LogP contribution in [0.5, 0.6) is 0 Å². The minimum absolute atomic E-state index is 0.0543. The molecule has 0 aliphatic carbocycles. The maximum absolute atomic E-state index is 13.1. The molecule has 1 atom stereocenters. The molecule has 2 aromatic rings. The second-order valence-electron chi connectivity index (χ2n) is 5.84. The van der Waals surface area contributed by atoms with Crippen molar-refractivity contribution in [3.05, 3.63) is 57.8 Å². The van der Waals surface area contributed by atoms with Crippen LogP contribution in [0.1, 0.15) is 12.8 Å². The summed E-state index contributed by atoms with van der Waals surface area (Å²) in [6.45, 7) is 0.258. The van der Waals surface area contributed by atoms with Gasteiger partial charge in [-0.15, -0.1) is 0 Å². The van der Waals surface area contributed by atoms with Gasteiger partial charge in [-0.25, -0.2) is 12.8 Å². The molecule has 1 N–H and O–H groups in total. The van der Waals surface area contributed by atoms with E-state index < -0.39 is 27.8 Å². The van der Waals surface area contributed by atoms with E-state index in [-0.39, 0.29) is 22.2 Å². The standard InChI is InChI=1S/C17H15BrClFN2O3S/c18-11-3-6-13(7-4-11)26(24,25)22-9-1-2-16(22)17(23)21-15-8-5-12(20)10-14(15)19/h3-8,10,16H,1-2,9H2,(H,21,23)/t16-/m0/s1. The Bertz CT molecular complexity index is 938. The van der Waals surface area contributed by atoms with Gasteiger partial charge in [0.1, 0.15) is 11.9 Å². The second-order valence-corrected chi connectivity index (χ2v) is 9.05. The number of hydrogen-bond acceptors (Lipinski definition) is 3. The van der Waals surface area contributed by atoms with Gasteiger partial charge in [0, 0.05) is 11.0 Å². The summed E-state index contributed by atoms with van der Waals surface area (Å²) in [5, 5.41) is 2.65. The molecule has 0 aromatic heterocycles.